The highest BCUT2D eigenvalue weighted by Gasteiger charge is 2.33. The molecule has 8 heteroatoms. The number of carbonyl (C=O) groups excluding carboxylic acids is 1. The molecule has 1 fully saturated rings. The van der Waals surface area contributed by atoms with Gasteiger partial charge in [0.05, 0.1) is 16.2 Å². The van der Waals surface area contributed by atoms with Gasteiger partial charge in [0.2, 0.25) is 0 Å². The Hall–Kier alpha value is -2.32. The van der Waals surface area contributed by atoms with Gasteiger partial charge in [-0.1, -0.05) is 48.8 Å². The normalized spacial score (nSPS) is 14.9. The van der Waals surface area contributed by atoms with E-state index in [-0.39, 0.29) is 18.1 Å². The Balaban J connectivity index is 1.73. The second-order valence-electron chi connectivity index (χ2n) is 5.37. The molecular formula is C18H12F3NO2S2. The molecular weight excluding hydrogens is 383 g/mol. The van der Waals surface area contributed by atoms with Crippen LogP contribution in [-0.4, -0.2) is 10.2 Å². The monoisotopic (exact) mass is 395 g/mol. The van der Waals surface area contributed by atoms with E-state index < -0.39 is 11.7 Å². The van der Waals surface area contributed by atoms with Gasteiger partial charge in [0, 0.05) is 5.56 Å². The van der Waals surface area contributed by atoms with E-state index >= 15 is 0 Å². The molecule has 0 spiro atoms. The molecule has 0 radical (unpaired) electrons. The second-order valence-corrected chi connectivity index (χ2v) is 7.10. The summed E-state index contributed by atoms with van der Waals surface area (Å²) >= 11 is 6.27. The lowest BCUT2D eigenvalue weighted by molar-refractivity contribution is -0.138. The first kappa shape index (κ1) is 18.5. The van der Waals surface area contributed by atoms with Crippen LogP contribution in [0.5, 0.6) is 5.75 Å². The van der Waals surface area contributed by atoms with Crippen molar-refractivity contribution in [2.75, 3.05) is 4.90 Å². The molecule has 0 saturated carbocycles. The lowest BCUT2D eigenvalue weighted by Gasteiger charge is -2.16. The average molecular weight is 395 g/mol. The molecule has 26 heavy (non-hydrogen) atoms. The summed E-state index contributed by atoms with van der Waals surface area (Å²) in [4.78, 5) is 13.7. The highest BCUT2D eigenvalue weighted by Crippen LogP contribution is 2.35. The number of thiocarbonyl (C=S) groups is 1. The lowest BCUT2D eigenvalue weighted by atomic mass is 10.1. The lowest BCUT2D eigenvalue weighted by Crippen LogP contribution is -2.27. The maximum absolute atomic E-state index is 13.0. The Bertz CT molecular complexity index is 879. The average Bonchev–Trinajstić information content (AvgIpc) is 2.85. The Labute approximate surface area is 157 Å². The molecule has 2 aromatic carbocycles. The maximum atomic E-state index is 13.0. The Morgan fingerprint density at radius 2 is 1.77 bits per heavy atom. The van der Waals surface area contributed by atoms with Crippen LogP contribution in [0.4, 0.5) is 18.9 Å². The van der Waals surface area contributed by atoms with Crippen molar-refractivity contribution in [2.45, 2.75) is 12.8 Å². The number of amides is 1. The third-order valence-corrected chi connectivity index (χ3v) is 4.86. The highest BCUT2D eigenvalue weighted by atomic mass is 32.2. The molecule has 0 atom stereocenters. The Kier molecular flexibility index (Phi) is 5.06. The van der Waals surface area contributed by atoms with Gasteiger partial charge in [-0.3, -0.25) is 9.69 Å². The Morgan fingerprint density at radius 3 is 2.35 bits per heavy atom. The number of halogens is 3. The minimum Gasteiger partial charge on any atom is -0.489 e. The van der Waals surface area contributed by atoms with Crippen LogP contribution < -0.4 is 9.64 Å². The van der Waals surface area contributed by atoms with Crippen LogP contribution in [0.1, 0.15) is 11.1 Å². The molecule has 1 aliphatic rings. The smallest absolute Gasteiger partial charge is 0.416 e. The second kappa shape index (κ2) is 7.13. The van der Waals surface area contributed by atoms with Crippen LogP contribution in [-0.2, 0) is 17.6 Å². The fourth-order valence-electron chi connectivity index (χ4n) is 2.40. The number of rotatable bonds is 4. The molecule has 134 valence electrons. The standard InChI is InChI=1S/C18H12F3NO2S2/c1-11-16(23)22(17(25)26-11)13-6-8-14(9-7-13)24-10-12-4-2-3-5-15(12)18(19,20)21/h2-9H,1,10H2. The number of hydrogen-bond acceptors (Lipinski definition) is 4. The number of alkyl halides is 3. The van der Waals surface area contributed by atoms with Crippen LogP contribution in [0.25, 0.3) is 0 Å². The SMILES string of the molecule is C=C1SC(=S)N(c2ccc(OCc3ccccc3C(F)(F)F)cc2)C1=O. The minimum absolute atomic E-state index is 0.0488. The number of ether oxygens (including phenoxy) is 1. The van der Waals surface area contributed by atoms with Crippen molar-refractivity contribution in [1.29, 1.82) is 0 Å². The first-order valence-electron chi connectivity index (χ1n) is 7.40. The first-order valence-corrected chi connectivity index (χ1v) is 8.63. The van der Waals surface area contributed by atoms with Crippen molar-refractivity contribution < 1.29 is 22.7 Å². The summed E-state index contributed by atoms with van der Waals surface area (Å²) in [5.74, 6) is 0.0996. The molecule has 0 aliphatic carbocycles. The molecule has 1 heterocycles. The van der Waals surface area contributed by atoms with Gasteiger partial charge < -0.3 is 4.74 Å². The van der Waals surface area contributed by atoms with Crippen molar-refractivity contribution >= 4 is 39.9 Å². The van der Waals surface area contributed by atoms with Gasteiger partial charge in [-0.15, -0.1) is 0 Å². The third-order valence-electron chi connectivity index (χ3n) is 3.65. The van der Waals surface area contributed by atoms with E-state index in [0.29, 0.717) is 20.7 Å². The van der Waals surface area contributed by atoms with Gasteiger partial charge >= 0.3 is 6.18 Å². The zero-order chi connectivity index (χ0) is 18.9. The fraction of sp³-hybridized carbons (Fsp3) is 0.111. The summed E-state index contributed by atoms with van der Waals surface area (Å²) in [5, 5.41) is 0. The molecule has 0 aromatic heterocycles. The van der Waals surface area contributed by atoms with Crippen LogP contribution in [0.15, 0.2) is 60.0 Å². The van der Waals surface area contributed by atoms with Crippen molar-refractivity contribution in [3.63, 3.8) is 0 Å². The Morgan fingerprint density at radius 1 is 1.12 bits per heavy atom. The number of nitrogens with zero attached hydrogens (tertiary/aromatic N) is 1. The summed E-state index contributed by atoms with van der Waals surface area (Å²) in [5.41, 5.74) is -0.123. The zero-order valence-corrected chi connectivity index (χ0v) is 14.9. The largest absolute Gasteiger partial charge is 0.489 e. The fourth-order valence-corrected chi connectivity index (χ4v) is 3.56. The molecule has 1 aliphatic heterocycles. The van der Waals surface area contributed by atoms with Crippen molar-refractivity contribution in [2.24, 2.45) is 0 Å². The molecule has 1 amide bonds. The molecule has 0 unspecified atom stereocenters. The van der Waals surface area contributed by atoms with Gasteiger partial charge in [0.25, 0.3) is 5.91 Å². The van der Waals surface area contributed by atoms with Crippen LogP contribution in [0.2, 0.25) is 0 Å². The maximum Gasteiger partial charge on any atom is 0.416 e. The van der Waals surface area contributed by atoms with Crippen LogP contribution >= 0.6 is 24.0 Å². The number of benzene rings is 2. The number of carbonyl (C=O) groups is 1. The molecule has 0 N–H and O–H groups in total. The number of thioether (sulfide) groups is 1. The molecule has 0 bridgehead atoms. The summed E-state index contributed by atoms with van der Waals surface area (Å²) in [6.07, 6.45) is -4.43. The van der Waals surface area contributed by atoms with Gasteiger partial charge in [0.1, 0.15) is 12.4 Å². The summed E-state index contributed by atoms with van der Waals surface area (Å²) in [7, 11) is 0. The number of hydrogen-bond donors (Lipinski definition) is 0. The van der Waals surface area contributed by atoms with Gasteiger partial charge in [-0.25, -0.2) is 0 Å². The summed E-state index contributed by atoms with van der Waals surface area (Å²) in [6.45, 7) is 3.42. The van der Waals surface area contributed by atoms with E-state index in [4.69, 9.17) is 17.0 Å². The highest BCUT2D eigenvalue weighted by molar-refractivity contribution is 8.27. The van der Waals surface area contributed by atoms with E-state index in [1.54, 1.807) is 24.3 Å². The topological polar surface area (TPSA) is 29.5 Å². The van der Waals surface area contributed by atoms with E-state index in [9.17, 15) is 18.0 Å². The van der Waals surface area contributed by atoms with Crippen molar-refractivity contribution in [1.82, 2.24) is 0 Å². The van der Waals surface area contributed by atoms with Crippen molar-refractivity contribution in [3.05, 3.63) is 71.1 Å². The quantitative estimate of drug-likeness (QED) is 0.528. The van der Waals surface area contributed by atoms with E-state index in [1.807, 2.05) is 0 Å². The predicted octanol–water partition coefficient (Wildman–Crippen LogP) is 5.16. The first-order chi connectivity index (χ1) is 12.3. The van der Waals surface area contributed by atoms with E-state index in [2.05, 4.69) is 6.58 Å². The van der Waals surface area contributed by atoms with Crippen LogP contribution in [0, 0.1) is 0 Å². The van der Waals surface area contributed by atoms with E-state index in [0.717, 1.165) is 17.8 Å². The molecule has 3 rings (SSSR count). The number of anilines is 1. The minimum atomic E-state index is -4.43. The van der Waals surface area contributed by atoms with Crippen molar-refractivity contribution in [3.8, 4) is 5.75 Å². The molecule has 2 aromatic rings. The van der Waals surface area contributed by atoms with Crippen LogP contribution in [0.3, 0.4) is 0 Å². The molecule has 3 nitrogen and oxygen atoms in total. The third kappa shape index (κ3) is 3.76. The van der Waals surface area contributed by atoms with Gasteiger partial charge in [0.15, 0.2) is 4.32 Å². The van der Waals surface area contributed by atoms with Gasteiger partial charge in [-0.05, 0) is 30.3 Å². The molecule has 1 saturated heterocycles. The predicted molar refractivity (Wildman–Crippen MR) is 99.0 cm³/mol. The van der Waals surface area contributed by atoms with E-state index in [1.165, 1.54) is 23.1 Å². The summed E-state index contributed by atoms with van der Waals surface area (Å²) < 4.78 is 44.8. The van der Waals surface area contributed by atoms with Gasteiger partial charge in [-0.2, -0.15) is 13.2 Å². The zero-order valence-electron chi connectivity index (χ0n) is 13.2. The summed E-state index contributed by atoms with van der Waals surface area (Å²) in [6, 6.07) is 11.7.